The molecule has 1 unspecified atom stereocenters. The standard InChI is InChI=1S/C11H15N3O/c1-8-2-10(6-13-5-8)14-7-9(4-12)3-11(14)15/h2,5-6,9H,3-4,7,12H2,1H3. The van der Waals surface area contributed by atoms with Crippen LogP contribution in [0.1, 0.15) is 12.0 Å². The first kappa shape index (κ1) is 10.1. The van der Waals surface area contributed by atoms with E-state index in [1.165, 1.54) is 0 Å². The molecule has 1 fully saturated rings. The Labute approximate surface area is 89.1 Å². The number of anilines is 1. The molecule has 2 rings (SSSR count). The van der Waals surface area contributed by atoms with Gasteiger partial charge >= 0.3 is 0 Å². The van der Waals surface area contributed by atoms with Crippen molar-refractivity contribution in [3.8, 4) is 0 Å². The molecule has 2 N–H and O–H groups in total. The average Bonchev–Trinajstić information content (AvgIpc) is 2.60. The van der Waals surface area contributed by atoms with Crippen molar-refractivity contribution in [3.05, 3.63) is 24.0 Å². The Morgan fingerprint density at radius 2 is 2.40 bits per heavy atom. The van der Waals surface area contributed by atoms with Crippen LogP contribution in [0.4, 0.5) is 5.69 Å². The molecule has 4 heteroatoms. The smallest absolute Gasteiger partial charge is 0.227 e. The summed E-state index contributed by atoms with van der Waals surface area (Å²) in [6, 6.07) is 1.98. The van der Waals surface area contributed by atoms with E-state index < -0.39 is 0 Å². The van der Waals surface area contributed by atoms with Gasteiger partial charge in [0.15, 0.2) is 0 Å². The minimum absolute atomic E-state index is 0.151. The van der Waals surface area contributed by atoms with Crippen LogP contribution in [0.3, 0.4) is 0 Å². The molecule has 1 atom stereocenters. The molecule has 1 aliphatic rings. The van der Waals surface area contributed by atoms with Crippen LogP contribution >= 0.6 is 0 Å². The highest BCUT2D eigenvalue weighted by molar-refractivity contribution is 5.95. The van der Waals surface area contributed by atoms with Crippen molar-refractivity contribution in [2.45, 2.75) is 13.3 Å². The van der Waals surface area contributed by atoms with E-state index in [0.29, 0.717) is 13.0 Å². The fourth-order valence-electron chi connectivity index (χ4n) is 1.88. The Morgan fingerprint density at radius 1 is 1.60 bits per heavy atom. The van der Waals surface area contributed by atoms with E-state index in [1.54, 1.807) is 17.3 Å². The predicted molar refractivity (Wildman–Crippen MR) is 58.5 cm³/mol. The van der Waals surface area contributed by atoms with E-state index in [9.17, 15) is 4.79 Å². The largest absolute Gasteiger partial charge is 0.330 e. The number of nitrogens with zero attached hydrogens (tertiary/aromatic N) is 2. The Morgan fingerprint density at radius 3 is 3.00 bits per heavy atom. The van der Waals surface area contributed by atoms with Crippen LogP contribution in [0.25, 0.3) is 0 Å². The normalized spacial score (nSPS) is 21.1. The maximum absolute atomic E-state index is 11.7. The molecule has 0 radical (unpaired) electrons. The van der Waals surface area contributed by atoms with Gasteiger partial charge in [0.25, 0.3) is 0 Å². The maximum Gasteiger partial charge on any atom is 0.227 e. The monoisotopic (exact) mass is 205 g/mol. The summed E-state index contributed by atoms with van der Waals surface area (Å²) in [5.41, 5.74) is 7.52. The molecule has 80 valence electrons. The molecule has 1 aliphatic heterocycles. The van der Waals surface area contributed by atoms with Crippen LogP contribution in [0.15, 0.2) is 18.5 Å². The highest BCUT2D eigenvalue weighted by Crippen LogP contribution is 2.24. The highest BCUT2D eigenvalue weighted by atomic mass is 16.2. The minimum Gasteiger partial charge on any atom is -0.330 e. The van der Waals surface area contributed by atoms with Crippen LogP contribution in [-0.4, -0.2) is 24.0 Å². The van der Waals surface area contributed by atoms with Crippen molar-refractivity contribution in [3.63, 3.8) is 0 Å². The Bertz CT molecular complexity index is 378. The quantitative estimate of drug-likeness (QED) is 0.773. The molecule has 4 nitrogen and oxygen atoms in total. The van der Waals surface area contributed by atoms with E-state index in [-0.39, 0.29) is 11.8 Å². The molecular formula is C11H15N3O. The van der Waals surface area contributed by atoms with Gasteiger partial charge in [-0.05, 0) is 31.0 Å². The number of aromatic nitrogens is 1. The number of carbonyl (C=O) groups is 1. The fraction of sp³-hybridized carbons (Fsp3) is 0.455. The minimum atomic E-state index is 0.151. The second-order valence-corrected chi connectivity index (χ2v) is 4.03. The first-order chi connectivity index (χ1) is 7.20. The molecule has 2 heterocycles. The Kier molecular flexibility index (Phi) is 2.68. The van der Waals surface area contributed by atoms with Crippen molar-refractivity contribution in [2.24, 2.45) is 11.7 Å². The predicted octanol–water partition coefficient (Wildman–Crippen LogP) is 0.702. The molecule has 0 spiro atoms. The third kappa shape index (κ3) is 1.99. The Balaban J connectivity index is 2.21. The number of hydrogen-bond acceptors (Lipinski definition) is 3. The van der Waals surface area contributed by atoms with Crippen molar-refractivity contribution >= 4 is 11.6 Å². The van der Waals surface area contributed by atoms with Gasteiger partial charge in [-0.1, -0.05) is 0 Å². The van der Waals surface area contributed by atoms with Crippen molar-refractivity contribution < 1.29 is 4.79 Å². The summed E-state index contributed by atoms with van der Waals surface area (Å²) in [6.07, 6.45) is 4.07. The van der Waals surface area contributed by atoms with Gasteiger partial charge in [0.1, 0.15) is 0 Å². The molecule has 0 aliphatic carbocycles. The van der Waals surface area contributed by atoms with Crippen molar-refractivity contribution in [1.29, 1.82) is 0 Å². The zero-order valence-electron chi connectivity index (χ0n) is 8.81. The van der Waals surface area contributed by atoms with Crippen LogP contribution in [0.2, 0.25) is 0 Å². The van der Waals surface area contributed by atoms with E-state index >= 15 is 0 Å². The lowest BCUT2D eigenvalue weighted by Crippen LogP contribution is -2.25. The van der Waals surface area contributed by atoms with Gasteiger partial charge in [-0.25, -0.2) is 0 Å². The number of hydrogen-bond donors (Lipinski definition) is 1. The maximum atomic E-state index is 11.7. The summed E-state index contributed by atoms with van der Waals surface area (Å²) in [5.74, 6) is 0.441. The summed E-state index contributed by atoms with van der Waals surface area (Å²) in [5, 5.41) is 0. The van der Waals surface area contributed by atoms with Gasteiger partial charge in [-0.2, -0.15) is 0 Å². The molecule has 0 saturated carbocycles. The zero-order valence-corrected chi connectivity index (χ0v) is 8.81. The molecule has 0 bridgehead atoms. The molecule has 1 aromatic rings. The SMILES string of the molecule is Cc1cncc(N2CC(CN)CC2=O)c1. The van der Waals surface area contributed by atoms with E-state index in [4.69, 9.17) is 5.73 Å². The third-order valence-electron chi connectivity index (χ3n) is 2.71. The van der Waals surface area contributed by atoms with E-state index in [0.717, 1.165) is 17.8 Å². The summed E-state index contributed by atoms with van der Waals surface area (Å²) in [7, 11) is 0. The molecule has 1 amide bonds. The van der Waals surface area contributed by atoms with Gasteiger partial charge in [0.2, 0.25) is 5.91 Å². The molecular weight excluding hydrogens is 190 g/mol. The summed E-state index contributed by atoms with van der Waals surface area (Å²) in [6.45, 7) is 3.26. The summed E-state index contributed by atoms with van der Waals surface area (Å²) >= 11 is 0. The van der Waals surface area contributed by atoms with Gasteiger partial charge in [-0.15, -0.1) is 0 Å². The first-order valence-corrected chi connectivity index (χ1v) is 5.13. The summed E-state index contributed by atoms with van der Waals surface area (Å²) in [4.78, 5) is 17.6. The summed E-state index contributed by atoms with van der Waals surface area (Å²) < 4.78 is 0. The number of aryl methyl sites for hydroxylation is 1. The molecule has 0 aromatic carbocycles. The fourth-order valence-corrected chi connectivity index (χ4v) is 1.88. The molecule has 1 saturated heterocycles. The van der Waals surface area contributed by atoms with Crippen LogP contribution in [-0.2, 0) is 4.79 Å². The Hall–Kier alpha value is -1.42. The second kappa shape index (κ2) is 3.98. The third-order valence-corrected chi connectivity index (χ3v) is 2.71. The highest BCUT2D eigenvalue weighted by Gasteiger charge is 2.29. The lowest BCUT2D eigenvalue weighted by Gasteiger charge is -2.16. The van der Waals surface area contributed by atoms with Crippen molar-refractivity contribution in [2.75, 3.05) is 18.0 Å². The topological polar surface area (TPSA) is 59.2 Å². The van der Waals surface area contributed by atoms with E-state index in [2.05, 4.69) is 4.98 Å². The molecule has 15 heavy (non-hydrogen) atoms. The number of rotatable bonds is 2. The van der Waals surface area contributed by atoms with Gasteiger partial charge in [-0.3, -0.25) is 9.78 Å². The molecule has 1 aromatic heterocycles. The lowest BCUT2D eigenvalue weighted by atomic mass is 10.1. The number of carbonyl (C=O) groups excluding carboxylic acids is 1. The van der Waals surface area contributed by atoms with E-state index in [1.807, 2.05) is 13.0 Å². The van der Waals surface area contributed by atoms with Crippen molar-refractivity contribution in [1.82, 2.24) is 4.98 Å². The van der Waals surface area contributed by atoms with Crippen LogP contribution < -0.4 is 10.6 Å². The van der Waals surface area contributed by atoms with Gasteiger partial charge in [0.05, 0.1) is 11.9 Å². The van der Waals surface area contributed by atoms with Gasteiger partial charge < -0.3 is 10.6 Å². The van der Waals surface area contributed by atoms with Gasteiger partial charge in [0, 0.05) is 19.2 Å². The number of amides is 1. The number of nitrogens with two attached hydrogens (primary N) is 1. The van der Waals surface area contributed by atoms with Crippen LogP contribution in [0, 0.1) is 12.8 Å². The average molecular weight is 205 g/mol. The second-order valence-electron chi connectivity index (χ2n) is 4.03. The first-order valence-electron chi connectivity index (χ1n) is 5.13. The zero-order chi connectivity index (χ0) is 10.8. The van der Waals surface area contributed by atoms with Crippen LogP contribution in [0.5, 0.6) is 0 Å². The number of pyridine rings is 1. The lowest BCUT2D eigenvalue weighted by molar-refractivity contribution is -0.117.